The smallest absolute Gasteiger partial charge is 0.262 e. The minimum absolute atomic E-state index is 0.0465. The molecule has 3 N–H and O–H groups in total. The minimum Gasteiger partial charge on any atom is -0.490 e. The molecule has 4 aromatic rings. The van der Waals surface area contributed by atoms with Crippen LogP contribution in [0.3, 0.4) is 0 Å². The van der Waals surface area contributed by atoms with Crippen LogP contribution in [0.1, 0.15) is 84.0 Å². The number of ether oxygens (including phenoxy) is 2. The van der Waals surface area contributed by atoms with Gasteiger partial charge in [0.15, 0.2) is 0 Å². The highest BCUT2D eigenvalue weighted by atomic mass is 16.5. The topological polar surface area (TPSA) is 158 Å². The number of amides is 4. The zero-order valence-corrected chi connectivity index (χ0v) is 32.2. The lowest BCUT2D eigenvalue weighted by Crippen LogP contribution is -2.59. The summed E-state index contributed by atoms with van der Waals surface area (Å²) in [5.74, 6) is 0.140. The van der Waals surface area contributed by atoms with E-state index in [0.717, 1.165) is 53.4 Å². The molecule has 7 aliphatic heterocycles. The van der Waals surface area contributed by atoms with Crippen LogP contribution in [-0.2, 0) is 28.2 Å². The summed E-state index contributed by atoms with van der Waals surface area (Å²) in [4.78, 5) is 64.2. The van der Waals surface area contributed by atoms with Gasteiger partial charge in [-0.15, -0.1) is 0 Å². The van der Waals surface area contributed by atoms with Gasteiger partial charge in [0.1, 0.15) is 30.3 Å². The molecular weight excluding hydrogens is 725 g/mol. The number of piperidine rings is 1. The Kier molecular flexibility index (Phi) is 9.40. The quantitative estimate of drug-likeness (QED) is 0.218. The molecule has 12 rings (SSSR count). The number of hydrazine groups is 1. The molecule has 4 atom stereocenters. The molecule has 8 heterocycles. The number of aromatic nitrogens is 2. The van der Waals surface area contributed by atoms with E-state index in [1.54, 1.807) is 24.4 Å². The molecule has 3 aromatic carbocycles. The first kappa shape index (κ1) is 36.8. The Morgan fingerprint density at radius 1 is 0.912 bits per heavy atom. The van der Waals surface area contributed by atoms with E-state index >= 15 is 0 Å². The van der Waals surface area contributed by atoms with Gasteiger partial charge in [-0.05, 0) is 93.3 Å². The highest BCUT2D eigenvalue weighted by Crippen LogP contribution is 2.42. The normalized spacial score (nSPS) is 27.2. The number of nitrogens with zero attached hydrogens (tertiary/aromatic N) is 5. The van der Waals surface area contributed by atoms with E-state index in [0.29, 0.717) is 42.5 Å². The SMILES string of the molecule is C[C@@H]1CN(c2nccc(COc3ccc([C@]4(C)Cc5ccc(cc5)OC5CC(C5)N4Nc4ccc5c(c4)C(=O)N([C@H]4CCC(=O)NC4=O)C5=O)cc3)n2)C[C@H](C)N1. The van der Waals surface area contributed by atoms with Crippen molar-refractivity contribution in [2.24, 2.45) is 0 Å². The molecule has 0 unspecified atom stereocenters. The Morgan fingerprint density at radius 2 is 1.65 bits per heavy atom. The van der Waals surface area contributed by atoms with E-state index in [1.807, 2.05) is 30.3 Å². The van der Waals surface area contributed by atoms with Crippen LogP contribution in [0.15, 0.2) is 79.0 Å². The Balaban J connectivity index is 0.976. The molecule has 1 saturated carbocycles. The first-order valence-electron chi connectivity index (χ1n) is 19.7. The van der Waals surface area contributed by atoms with Crippen molar-refractivity contribution in [1.82, 2.24) is 30.5 Å². The zero-order valence-electron chi connectivity index (χ0n) is 32.2. The van der Waals surface area contributed by atoms with Gasteiger partial charge in [-0.3, -0.25) is 29.4 Å². The first-order chi connectivity index (χ1) is 27.5. The monoisotopic (exact) mass is 770 g/mol. The van der Waals surface area contributed by atoms with Gasteiger partial charge in [-0.2, -0.15) is 0 Å². The van der Waals surface area contributed by atoms with Crippen LogP contribution < -0.4 is 30.4 Å². The fourth-order valence-electron chi connectivity index (χ4n) is 8.92. The lowest BCUT2D eigenvalue weighted by molar-refractivity contribution is -0.136. The number of nitrogens with one attached hydrogen (secondary N) is 3. The molecule has 0 spiro atoms. The summed E-state index contributed by atoms with van der Waals surface area (Å²) in [7, 11) is 0. The molecule has 1 aliphatic carbocycles. The summed E-state index contributed by atoms with van der Waals surface area (Å²) in [5.41, 5.74) is 7.13. The number of benzene rings is 3. The molecule has 1 aromatic heterocycles. The number of hydrogen-bond acceptors (Lipinski definition) is 12. The fraction of sp³-hybridized carbons (Fsp3) is 0.395. The number of fused-ring (bicyclic) bond motifs is 1. The summed E-state index contributed by atoms with van der Waals surface area (Å²) in [6.07, 6.45) is 4.21. The standard InChI is InChI=1S/C43H46N8O6/c1-25-22-49(23-26(2)45-25)42-44-17-16-30(46-42)24-56-32-11-6-28(7-12-32)43(3)21-27-4-9-33(10-5-27)57-34-19-31(20-34)51(43)48-29-8-13-35-36(18-29)41(55)50(40(35)54)37-14-15-38(52)47-39(37)53/h4-13,16-18,25-26,31,34,37,45,48H,14-15,19-24H2,1-3H3,(H,47,52,53)/t25-,26+,31?,34?,37-,43-/m0/s1. The lowest BCUT2D eigenvalue weighted by Gasteiger charge is -2.51. The Morgan fingerprint density at radius 3 is 2.39 bits per heavy atom. The van der Waals surface area contributed by atoms with Gasteiger partial charge >= 0.3 is 0 Å². The second-order valence-corrected chi connectivity index (χ2v) is 16.2. The van der Waals surface area contributed by atoms with E-state index < -0.39 is 35.2 Å². The van der Waals surface area contributed by atoms with Crippen molar-refractivity contribution < 1.29 is 28.7 Å². The van der Waals surface area contributed by atoms with Crippen molar-refractivity contribution in [1.29, 1.82) is 0 Å². The van der Waals surface area contributed by atoms with E-state index in [-0.39, 0.29) is 36.1 Å². The number of imide groups is 2. The molecule has 3 fully saturated rings. The summed E-state index contributed by atoms with van der Waals surface area (Å²) >= 11 is 0. The molecular formula is C43H46N8O6. The van der Waals surface area contributed by atoms with Crippen LogP contribution in [0.4, 0.5) is 11.6 Å². The van der Waals surface area contributed by atoms with Crippen molar-refractivity contribution in [3.63, 3.8) is 0 Å². The summed E-state index contributed by atoms with van der Waals surface area (Å²) < 4.78 is 12.6. The number of hydrogen-bond donors (Lipinski definition) is 3. The lowest BCUT2D eigenvalue weighted by atomic mass is 9.80. The molecule has 294 valence electrons. The number of carbonyl (C=O) groups is 4. The molecule has 8 aliphatic rings. The molecule has 4 bridgehead atoms. The number of piperazine rings is 1. The number of anilines is 2. The van der Waals surface area contributed by atoms with E-state index in [2.05, 4.69) is 76.0 Å². The third kappa shape index (κ3) is 7.08. The van der Waals surface area contributed by atoms with Crippen molar-refractivity contribution in [3.05, 3.63) is 107 Å². The van der Waals surface area contributed by atoms with Crippen LogP contribution in [0, 0.1) is 0 Å². The van der Waals surface area contributed by atoms with E-state index in [9.17, 15) is 19.2 Å². The summed E-state index contributed by atoms with van der Waals surface area (Å²) in [6.45, 7) is 8.53. The first-order valence-corrected chi connectivity index (χ1v) is 19.7. The molecule has 14 heteroatoms. The molecule has 2 saturated heterocycles. The van der Waals surface area contributed by atoms with Crippen molar-refractivity contribution in [3.8, 4) is 11.5 Å². The third-order valence-corrected chi connectivity index (χ3v) is 11.8. The second-order valence-electron chi connectivity index (χ2n) is 16.2. The maximum absolute atomic E-state index is 13.7. The van der Waals surface area contributed by atoms with Gasteiger partial charge in [0, 0.05) is 62.4 Å². The third-order valence-electron chi connectivity index (χ3n) is 11.8. The van der Waals surface area contributed by atoms with Gasteiger partial charge in [0.2, 0.25) is 17.8 Å². The van der Waals surface area contributed by atoms with Gasteiger partial charge < -0.3 is 25.1 Å². The predicted octanol–water partition coefficient (Wildman–Crippen LogP) is 4.35. The largest absolute Gasteiger partial charge is 0.490 e. The van der Waals surface area contributed by atoms with Gasteiger partial charge in [-0.25, -0.2) is 15.0 Å². The Hall–Kier alpha value is -5.86. The Bertz CT molecular complexity index is 2220. The zero-order chi connectivity index (χ0) is 39.4. The highest BCUT2D eigenvalue weighted by molar-refractivity contribution is 6.23. The predicted molar refractivity (Wildman–Crippen MR) is 211 cm³/mol. The van der Waals surface area contributed by atoms with Crippen LogP contribution in [0.25, 0.3) is 0 Å². The number of carbonyl (C=O) groups excluding carboxylic acids is 4. The summed E-state index contributed by atoms with van der Waals surface area (Å²) in [5, 5.41) is 8.08. The van der Waals surface area contributed by atoms with E-state index in [4.69, 9.17) is 14.5 Å². The maximum Gasteiger partial charge on any atom is 0.262 e. The van der Waals surface area contributed by atoms with Crippen LogP contribution in [0.5, 0.6) is 11.5 Å². The molecule has 57 heavy (non-hydrogen) atoms. The average molecular weight is 771 g/mol. The highest BCUT2D eigenvalue weighted by Gasteiger charge is 2.47. The molecule has 0 radical (unpaired) electrons. The van der Waals surface area contributed by atoms with Gasteiger partial charge in [0.05, 0.1) is 22.4 Å². The van der Waals surface area contributed by atoms with Crippen molar-refractivity contribution in [2.45, 2.75) is 95.3 Å². The average Bonchev–Trinajstić information content (AvgIpc) is 3.39. The van der Waals surface area contributed by atoms with Crippen molar-refractivity contribution >= 4 is 35.3 Å². The van der Waals surface area contributed by atoms with Crippen LogP contribution in [-0.4, -0.2) is 86.9 Å². The maximum atomic E-state index is 13.7. The van der Waals surface area contributed by atoms with Crippen LogP contribution >= 0.6 is 0 Å². The number of rotatable bonds is 8. The molecule has 4 amide bonds. The molecule has 14 nitrogen and oxygen atoms in total. The van der Waals surface area contributed by atoms with E-state index in [1.165, 1.54) is 0 Å². The summed E-state index contributed by atoms with van der Waals surface area (Å²) in [6, 6.07) is 23.2. The Labute approximate surface area is 330 Å². The fourth-order valence-corrected chi connectivity index (χ4v) is 8.92. The van der Waals surface area contributed by atoms with Crippen molar-refractivity contribution in [2.75, 3.05) is 23.4 Å². The van der Waals surface area contributed by atoms with Crippen LogP contribution in [0.2, 0.25) is 0 Å². The minimum atomic E-state index is -1.03. The second kappa shape index (κ2) is 14.6. The van der Waals surface area contributed by atoms with Gasteiger partial charge in [0.25, 0.3) is 11.8 Å². The van der Waals surface area contributed by atoms with Gasteiger partial charge in [-0.1, -0.05) is 24.3 Å².